The third-order valence-corrected chi connectivity index (χ3v) is 5.76. The molecule has 0 spiro atoms. The van der Waals surface area contributed by atoms with Gasteiger partial charge in [-0.1, -0.05) is 0 Å². The zero-order valence-electron chi connectivity index (χ0n) is 16.7. The predicted molar refractivity (Wildman–Crippen MR) is 113 cm³/mol. The van der Waals surface area contributed by atoms with E-state index >= 15 is 0 Å². The molecule has 2 amide bonds. The monoisotopic (exact) mass is 445 g/mol. The van der Waals surface area contributed by atoms with Crippen molar-refractivity contribution in [1.82, 2.24) is 14.3 Å². The molecule has 0 fully saturated rings. The zero-order valence-corrected chi connectivity index (χ0v) is 17.5. The fraction of sp³-hybridized carbons (Fsp3) is 0.150. The molecule has 3 N–H and O–H groups in total. The van der Waals surface area contributed by atoms with Gasteiger partial charge in [-0.3, -0.25) is 9.59 Å². The minimum absolute atomic E-state index is 0.0722. The van der Waals surface area contributed by atoms with Gasteiger partial charge in [0.1, 0.15) is 5.82 Å². The molecule has 3 aromatic rings. The Morgan fingerprint density at radius 3 is 2.32 bits per heavy atom. The highest BCUT2D eigenvalue weighted by Gasteiger charge is 2.22. The topological polar surface area (TPSA) is 122 Å². The van der Waals surface area contributed by atoms with E-state index in [-0.39, 0.29) is 22.2 Å². The van der Waals surface area contributed by atoms with Crippen molar-refractivity contribution in [2.45, 2.75) is 24.8 Å². The molecular formula is C20H20FN5O4S. The first-order valence-electron chi connectivity index (χ1n) is 9.14. The van der Waals surface area contributed by atoms with E-state index in [2.05, 4.69) is 20.3 Å². The third kappa shape index (κ3) is 5.53. The lowest BCUT2D eigenvalue weighted by Crippen LogP contribution is -2.41. The first kappa shape index (κ1) is 22.1. The molecule has 0 aliphatic heterocycles. The Balaban J connectivity index is 1.66. The van der Waals surface area contributed by atoms with Crippen molar-refractivity contribution >= 4 is 33.2 Å². The molecule has 0 aliphatic carbocycles. The molecule has 0 bridgehead atoms. The van der Waals surface area contributed by atoms with Crippen LogP contribution in [-0.4, -0.2) is 35.8 Å². The lowest BCUT2D eigenvalue weighted by Gasteiger charge is -2.15. The number of carbonyl (C=O) groups excluding carboxylic acids is 2. The summed E-state index contributed by atoms with van der Waals surface area (Å²) in [5, 5.41) is 5.01. The van der Waals surface area contributed by atoms with E-state index in [9.17, 15) is 22.4 Å². The smallest absolute Gasteiger partial charge is 0.242 e. The predicted octanol–water partition coefficient (Wildman–Crippen LogP) is 2.28. The van der Waals surface area contributed by atoms with Gasteiger partial charge in [-0.15, -0.1) is 0 Å². The summed E-state index contributed by atoms with van der Waals surface area (Å²) in [5.74, 6) is -1.52. The molecule has 9 nitrogen and oxygen atoms in total. The second kappa shape index (κ2) is 9.06. The zero-order chi connectivity index (χ0) is 22.6. The van der Waals surface area contributed by atoms with E-state index in [1.54, 1.807) is 6.20 Å². The average molecular weight is 445 g/mol. The molecule has 1 heterocycles. The van der Waals surface area contributed by atoms with E-state index in [0.29, 0.717) is 5.69 Å². The summed E-state index contributed by atoms with van der Waals surface area (Å²) in [6.45, 7) is 2.71. The Morgan fingerprint density at radius 1 is 1.06 bits per heavy atom. The molecular weight excluding hydrogens is 425 g/mol. The highest BCUT2D eigenvalue weighted by Crippen LogP contribution is 2.19. The van der Waals surface area contributed by atoms with Gasteiger partial charge in [0.2, 0.25) is 21.8 Å². The Bertz CT molecular complexity index is 1190. The number of anilines is 2. The Morgan fingerprint density at radius 2 is 1.74 bits per heavy atom. The summed E-state index contributed by atoms with van der Waals surface area (Å²) in [6.07, 6.45) is 4.53. The molecule has 11 heteroatoms. The normalized spacial score (nSPS) is 12.2. The number of hydrogen-bond donors (Lipinski definition) is 3. The van der Waals surface area contributed by atoms with Crippen molar-refractivity contribution in [2.24, 2.45) is 0 Å². The maximum absolute atomic E-state index is 14.3. The number of sulfonamides is 1. The van der Waals surface area contributed by atoms with Crippen LogP contribution in [0.3, 0.4) is 0 Å². The molecule has 0 radical (unpaired) electrons. The van der Waals surface area contributed by atoms with Crippen molar-refractivity contribution in [2.75, 3.05) is 10.6 Å². The first-order chi connectivity index (χ1) is 14.7. The van der Waals surface area contributed by atoms with Crippen LogP contribution in [0.4, 0.5) is 15.8 Å². The van der Waals surface area contributed by atoms with E-state index in [1.807, 2.05) is 0 Å². The number of nitrogens with zero attached hydrogens (tertiary/aromatic N) is 2. The molecule has 0 unspecified atom stereocenters. The van der Waals surface area contributed by atoms with Gasteiger partial charge in [0.15, 0.2) is 0 Å². The van der Waals surface area contributed by atoms with Crippen molar-refractivity contribution in [3.8, 4) is 5.69 Å². The summed E-state index contributed by atoms with van der Waals surface area (Å²) in [5.41, 5.74) is 0.877. The van der Waals surface area contributed by atoms with Crippen LogP contribution in [0, 0.1) is 5.82 Å². The average Bonchev–Trinajstić information content (AvgIpc) is 3.22. The number of halogens is 1. The van der Waals surface area contributed by atoms with Gasteiger partial charge in [-0.2, -0.15) is 4.72 Å². The number of amides is 2. The van der Waals surface area contributed by atoms with E-state index in [4.69, 9.17) is 0 Å². The van der Waals surface area contributed by atoms with Crippen LogP contribution in [-0.2, 0) is 19.6 Å². The van der Waals surface area contributed by atoms with Gasteiger partial charge in [-0.25, -0.2) is 17.8 Å². The van der Waals surface area contributed by atoms with Gasteiger partial charge in [-0.05, 0) is 49.4 Å². The summed E-state index contributed by atoms with van der Waals surface area (Å²) >= 11 is 0. The minimum Gasteiger partial charge on any atom is -0.326 e. The first-order valence-corrected chi connectivity index (χ1v) is 10.6. The van der Waals surface area contributed by atoms with Crippen LogP contribution in [0.1, 0.15) is 13.8 Å². The Kier molecular flexibility index (Phi) is 6.47. The lowest BCUT2D eigenvalue weighted by molar-refractivity contribution is -0.117. The minimum atomic E-state index is -3.99. The van der Waals surface area contributed by atoms with Crippen molar-refractivity contribution in [3.05, 3.63) is 67.0 Å². The number of hydrogen-bond acceptors (Lipinski definition) is 5. The molecule has 3 rings (SSSR count). The fourth-order valence-electron chi connectivity index (χ4n) is 2.72. The molecule has 31 heavy (non-hydrogen) atoms. The second-order valence-electron chi connectivity index (χ2n) is 6.67. The summed E-state index contributed by atoms with van der Waals surface area (Å²) in [4.78, 5) is 27.2. The van der Waals surface area contributed by atoms with Gasteiger partial charge in [0.25, 0.3) is 0 Å². The van der Waals surface area contributed by atoms with Crippen LogP contribution in [0.15, 0.2) is 66.1 Å². The largest absolute Gasteiger partial charge is 0.326 e. The van der Waals surface area contributed by atoms with Crippen molar-refractivity contribution in [1.29, 1.82) is 0 Å². The second-order valence-corrected chi connectivity index (χ2v) is 8.39. The Labute approximate surface area is 178 Å². The summed E-state index contributed by atoms with van der Waals surface area (Å²) < 4.78 is 43.1. The fourth-order valence-corrected chi connectivity index (χ4v) is 3.92. The Hall–Kier alpha value is -3.57. The maximum atomic E-state index is 14.3. The van der Waals surface area contributed by atoms with Gasteiger partial charge in [0, 0.05) is 30.7 Å². The van der Waals surface area contributed by atoms with Gasteiger partial charge < -0.3 is 15.2 Å². The molecule has 1 atom stereocenters. The summed E-state index contributed by atoms with van der Waals surface area (Å²) in [6, 6.07) is 8.46. The number of rotatable bonds is 7. The highest BCUT2D eigenvalue weighted by molar-refractivity contribution is 7.89. The lowest BCUT2D eigenvalue weighted by atomic mass is 10.2. The van der Waals surface area contributed by atoms with Gasteiger partial charge in [0.05, 0.1) is 23.0 Å². The molecule has 162 valence electrons. The SMILES string of the molecule is CC(=O)Nc1ccc(S(=O)(=O)N[C@@H](C)C(=O)Nc2ccc(-n3ccnc3)c(F)c2)cc1. The number of carbonyl (C=O) groups is 2. The highest BCUT2D eigenvalue weighted by atomic mass is 32.2. The number of benzene rings is 2. The van der Waals surface area contributed by atoms with Crippen LogP contribution >= 0.6 is 0 Å². The summed E-state index contributed by atoms with van der Waals surface area (Å²) in [7, 11) is -3.99. The van der Waals surface area contributed by atoms with Crippen molar-refractivity contribution < 1.29 is 22.4 Å². The van der Waals surface area contributed by atoms with E-state index < -0.39 is 27.8 Å². The molecule has 1 aromatic heterocycles. The van der Waals surface area contributed by atoms with E-state index in [1.165, 1.54) is 67.3 Å². The number of nitrogens with one attached hydrogen (secondary N) is 3. The van der Waals surface area contributed by atoms with Crippen LogP contribution in [0.2, 0.25) is 0 Å². The van der Waals surface area contributed by atoms with E-state index in [0.717, 1.165) is 6.07 Å². The third-order valence-electron chi connectivity index (χ3n) is 4.21. The number of aromatic nitrogens is 2. The molecule has 0 saturated carbocycles. The van der Waals surface area contributed by atoms with Crippen LogP contribution in [0.25, 0.3) is 5.69 Å². The van der Waals surface area contributed by atoms with Crippen LogP contribution in [0.5, 0.6) is 0 Å². The van der Waals surface area contributed by atoms with Crippen LogP contribution < -0.4 is 15.4 Å². The van der Waals surface area contributed by atoms with Crippen molar-refractivity contribution in [3.63, 3.8) is 0 Å². The quantitative estimate of drug-likeness (QED) is 0.515. The standard InChI is InChI=1S/C20H20FN5O4S/c1-13(25-31(29,30)17-6-3-15(4-7-17)23-14(2)27)20(28)24-16-5-8-19(18(21)11-16)26-10-9-22-12-26/h3-13,25H,1-2H3,(H,23,27)(H,24,28)/t13-/m0/s1. The molecule has 0 saturated heterocycles. The molecule has 2 aromatic carbocycles. The maximum Gasteiger partial charge on any atom is 0.242 e. The molecule has 0 aliphatic rings. The van der Waals surface area contributed by atoms with Gasteiger partial charge >= 0.3 is 0 Å². The number of imidazole rings is 1.